The first-order chi connectivity index (χ1) is 14.7. The van der Waals surface area contributed by atoms with E-state index >= 15 is 0 Å². The van der Waals surface area contributed by atoms with Crippen molar-refractivity contribution >= 4 is 27.5 Å². The Morgan fingerprint density at radius 2 is 2.00 bits per heavy atom. The molecule has 3 rings (SSSR count). The standard InChI is InChI=1S/C22H25FN2O5S/c1-15-11-18(8-9-20(15)23)24-21(26)17-6-3-7-19(12-17)31(28,29)14-16-5-4-10-25(13-16)22(27)30-2/h3,6-9,11-12,16H,4-5,10,13-14H2,1-2H3,(H,24,26). The number of halogens is 1. The van der Waals surface area contributed by atoms with Crippen molar-refractivity contribution in [1.82, 2.24) is 4.90 Å². The first-order valence-electron chi connectivity index (χ1n) is 9.93. The van der Waals surface area contributed by atoms with Crippen molar-refractivity contribution < 1.29 is 27.1 Å². The monoisotopic (exact) mass is 448 g/mol. The lowest BCUT2D eigenvalue weighted by Gasteiger charge is -2.31. The third-order valence-corrected chi connectivity index (χ3v) is 7.16. The molecule has 0 spiro atoms. The lowest BCUT2D eigenvalue weighted by molar-refractivity contribution is 0.102. The van der Waals surface area contributed by atoms with Crippen molar-refractivity contribution in [3.8, 4) is 0 Å². The quantitative estimate of drug-likeness (QED) is 0.754. The van der Waals surface area contributed by atoms with Crippen LogP contribution in [0.5, 0.6) is 0 Å². The second-order valence-corrected chi connectivity index (χ2v) is 9.69. The Labute approximate surface area is 181 Å². The van der Waals surface area contributed by atoms with E-state index in [4.69, 9.17) is 4.74 Å². The Morgan fingerprint density at radius 1 is 1.23 bits per heavy atom. The zero-order valence-corrected chi connectivity index (χ0v) is 18.2. The van der Waals surface area contributed by atoms with Gasteiger partial charge in [0.25, 0.3) is 5.91 Å². The maximum Gasteiger partial charge on any atom is 0.409 e. The van der Waals surface area contributed by atoms with Crippen LogP contribution in [-0.4, -0.2) is 51.3 Å². The van der Waals surface area contributed by atoms with Crippen molar-refractivity contribution in [2.24, 2.45) is 5.92 Å². The summed E-state index contributed by atoms with van der Waals surface area (Å²) in [6.45, 7) is 2.45. The molecule has 2 aromatic carbocycles. The van der Waals surface area contributed by atoms with Crippen LogP contribution in [-0.2, 0) is 14.6 Å². The van der Waals surface area contributed by atoms with E-state index in [1.165, 1.54) is 54.5 Å². The number of aryl methyl sites for hydroxylation is 1. The van der Waals surface area contributed by atoms with E-state index in [1.807, 2.05) is 0 Å². The van der Waals surface area contributed by atoms with E-state index in [1.54, 1.807) is 6.92 Å². The summed E-state index contributed by atoms with van der Waals surface area (Å²) in [6.07, 6.45) is 0.933. The van der Waals surface area contributed by atoms with Crippen LogP contribution in [0.3, 0.4) is 0 Å². The number of methoxy groups -OCH3 is 1. The molecule has 1 saturated heterocycles. The summed E-state index contributed by atoms with van der Waals surface area (Å²) in [7, 11) is -2.37. The van der Waals surface area contributed by atoms with Gasteiger partial charge in [0.15, 0.2) is 9.84 Å². The molecule has 0 bridgehead atoms. The summed E-state index contributed by atoms with van der Waals surface area (Å²) in [6, 6.07) is 10.0. The van der Waals surface area contributed by atoms with Crippen LogP contribution in [0.4, 0.5) is 14.9 Å². The van der Waals surface area contributed by atoms with Gasteiger partial charge in [0.05, 0.1) is 17.8 Å². The first kappa shape index (κ1) is 22.7. The molecule has 1 heterocycles. The Bertz CT molecular complexity index is 1090. The fraction of sp³-hybridized carbons (Fsp3) is 0.364. The molecule has 0 aromatic heterocycles. The highest BCUT2D eigenvalue weighted by Gasteiger charge is 2.29. The topological polar surface area (TPSA) is 92.8 Å². The van der Waals surface area contributed by atoms with E-state index in [-0.39, 0.29) is 27.9 Å². The number of hydrogen-bond donors (Lipinski definition) is 1. The zero-order chi connectivity index (χ0) is 22.6. The molecule has 0 radical (unpaired) electrons. The number of nitrogens with one attached hydrogen (secondary N) is 1. The average Bonchev–Trinajstić information content (AvgIpc) is 2.75. The summed E-state index contributed by atoms with van der Waals surface area (Å²) in [4.78, 5) is 25.9. The van der Waals surface area contributed by atoms with Crippen LogP contribution in [0.15, 0.2) is 47.4 Å². The molecule has 1 N–H and O–H groups in total. The molecule has 166 valence electrons. The van der Waals surface area contributed by atoms with Gasteiger partial charge in [0.2, 0.25) is 0 Å². The Kier molecular flexibility index (Phi) is 6.94. The van der Waals surface area contributed by atoms with Crippen LogP contribution < -0.4 is 5.32 Å². The van der Waals surface area contributed by atoms with E-state index < -0.39 is 21.8 Å². The number of amides is 2. The van der Waals surface area contributed by atoms with Gasteiger partial charge in [-0.05, 0) is 67.6 Å². The van der Waals surface area contributed by atoms with Crippen molar-refractivity contribution in [2.75, 3.05) is 31.3 Å². The van der Waals surface area contributed by atoms with Crippen LogP contribution in [0.1, 0.15) is 28.8 Å². The fourth-order valence-electron chi connectivity index (χ4n) is 3.66. The summed E-state index contributed by atoms with van der Waals surface area (Å²) < 4.78 is 44.1. The predicted octanol–water partition coefficient (Wildman–Crippen LogP) is 3.64. The van der Waals surface area contributed by atoms with E-state index in [9.17, 15) is 22.4 Å². The molecule has 1 aliphatic rings. The molecule has 0 aliphatic carbocycles. The summed E-state index contributed by atoms with van der Waals surface area (Å²) in [5.74, 6) is -1.20. The second kappa shape index (κ2) is 9.47. The van der Waals surface area contributed by atoms with Gasteiger partial charge in [0, 0.05) is 24.3 Å². The molecule has 0 saturated carbocycles. The number of rotatable bonds is 5. The lowest BCUT2D eigenvalue weighted by Crippen LogP contribution is -2.41. The van der Waals surface area contributed by atoms with Crippen LogP contribution in [0, 0.1) is 18.7 Å². The number of piperidine rings is 1. The molecule has 1 aliphatic heterocycles. The van der Waals surface area contributed by atoms with Gasteiger partial charge < -0.3 is 15.0 Å². The first-order valence-corrected chi connectivity index (χ1v) is 11.6. The van der Waals surface area contributed by atoms with E-state index in [2.05, 4.69) is 5.32 Å². The summed E-state index contributed by atoms with van der Waals surface area (Å²) >= 11 is 0. The number of carbonyl (C=O) groups excluding carboxylic acids is 2. The molecular weight excluding hydrogens is 423 g/mol. The molecule has 1 atom stereocenters. The Balaban J connectivity index is 1.72. The minimum atomic E-state index is -3.67. The number of sulfone groups is 1. The number of carbonyl (C=O) groups is 2. The van der Waals surface area contributed by atoms with Gasteiger partial charge in [-0.3, -0.25) is 4.79 Å². The van der Waals surface area contributed by atoms with E-state index in [0.29, 0.717) is 37.2 Å². The van der Waals surface area contributed by atoms with Gasteiger partial charge in [-0.1, -0.05) is 6.07 Å². The molecule has 9 heteroatoms. The highest BCUT2D eigenvalue weighted by atomic mass is 32.2. The van der Waals surface area contributed by atoms with Crippen molar-refractivity contribution in [1.29, 1.82) is 0 Å². The maximum absolute atomic E-state index is 13.4. The molecule has 31 heavy (non-hydrogen) atoms. The van der Waals surface area contributed by atoms with Crippen molar-refractivity contribution in [3.63, 3.8) is 0 Å². The molecule has 1 fully saturated rings. The molecule has 2 aromatic rings. The largest absolute Gasteiger partial charge is 0.453 e. The SMILES string of the molecule is COC(=O)N1CCCC(CS(=O)(=O)c2cccc(C(=O)Nc3ccc(F)c(C)c3)c2)C1. The lowest BCUT2D eigenvalue weighted by atomic mass is 10.0. The normalized spacial score (nSPS) is 16.6. The number of ether oxygens (including phenoxy) is 1. The van der Waals surface area contributed by atoms with Gasteiger partial charge in [-0.15, -0.1) is 0 Å². The Hall–Kier alpha value is -2.94. The van der Waals surface area contributed by atoms with Gasteiger partial charge in [-0.2, -0.15) is 0 Å². The summed E-state index contributed by atoms with van der Waals surface area (Å²) in [5, 5.41) is 2.65. The molecule has 1 unspecified atom stereocenters. The zero-order valence-electron chi connectivity index (χ0n) is 17.4. The van der Waals surface area contributed by atoms with Crippen molar-refractivity contribution in [3.05, 3.63) is 59.4 Å². The summed E-state index contributed by atoms with van der Waals surface area (Å²) in [5.41, 5.74) is 0.993. The van der Waals surface area contributed by atoms with Crippen molar-refractivity contribution in [2.45, 2.75) is 24.7 Å². The van der Waals surface area contributed by atoms with E-state index in [0.717, 1.165) is 0 Å². The minimum absolute atomic E-state index is 0.0469. The Morgan fingerprint density at radius 3 is 2.71 bits per heavy atom. The minimum Gasteiger partial charge on any atom is -0.453 e. The van der Waals surface area contributed by atoms with Gasteiger partial charge >= 0.3 is 6.09 Å². The molecule has 7 nitrogen and oxygen atoms in total. The maximum atomic E-state index is 13.4. The van der Waals surface area contributed by atoms with Gasteiger partial charge in [-0.25, -0.2) is 17.6 Å². The number of hydrogen-bond acceptors (Lipinski definition) is 5. The average molecular weight is 449 g/mol. The van der Waals surface area contributed by atoms with Crippen LogP contribution in [0.2, 0.25) is 0 Å². The third kappa shape index (κ3) is 5.61. The van der Waals surface area contributed by atoms with Crippen LogP contribution >= 0.6 is 0 Å². The predicted molar refractivity (Wildman–Crippen MR) is 114 cm³/mol. The number of likely N-dealkylation sites (tertiary alicyclic amines) is 1. The second-order valence-electron chi connectivity index (χ2n) is 7.65. The highest BCUT2D eigenvalue weighted by molar-refractivity contribution is 7.91. The molecule has 2 amide bonds. The van der Waals surface area contributed by atoms with Crippen LogP contribution in [0.25, 0.3) is 0 Å². The van der Waals surface area contributed by atoms with Gasteiger partial charge in [0.1, 0.15) is 5.82 Å². The number of nitrogens with zero attached hydrogens (tertiary/aromatic N) is 1. The highest BCUT2D eigenvalue weighted by Crippen LogP contribution is 2.23. The smallest absolute Gasteiger partial charge is 0.409 e. The fourth-order valence-corrected chi connectivity index (χ4v) is 5.34. The number of benzene rings is 2. The third-order valence-electron chi connectivity index (χ3n) is 5.28. The molecular formula is C22H25FN2O5S. The number of anilines is 1.